The van der Waals surface area contributed by atoms with E-state index in [0.29, 0.717) is 37.7 Å². The minimum Gasteiger partial charge on any atom is -0.466 e. The lowest BCUT2D eigenvalue weighted by atomic mass is 9.47. The summed E-state index contributed by atoms with van der Waals surface area (Å²) in [5.41, 5.74) is -1.38. The number of hydrogen-bond donors (Lipinski definition) is 0. The van der Waals surface area contributed by atoms with Gasteiger partial charge in [-0.05, 0) is 38.0 Å². The van der Waals surface area contributed by atoms with Crippen molar-refractivity contribution in [2.75, 3.05) is 6.61 Å². The minimum atomic E-state index is -0.836. The molecule has 2 unspecified atom stereocenters. The lowest BCUT2D eigenvalue weighted by Crippen LogP contribution is -2.61. The molecule has 0 saturated heterocycles. The van der Waals surface area contributed by atoms with Crippen LogP contribution in [0.5, 0.6) is 0 Å². The van der Waals surface area contributed by atoms with Crippen molar-refractivity contribution in [3.63, 3.8) is 0 Å². The van der Waals surface area contributed by atoms with Gasteiger partial charge in [0.1, 0.15) is 0 Å². The van der Waals surface area contributed by atoms with Gasteiger partial charge < -0.3 is 4.74 Å². The Kier molecular flexibility index (Phi) is 2.44. The maximum Gasteiger partial charge on any atom is 0.312 e. The third-order valence-corrected chi connectivity index (χ3v) is 5.13. The van der Waals surface area contributed by atoms with E-state index in [1.54, 1.807) is 6.92 Å². The smallest absolute Gasteiger partial charge is 0.312 e. The molecule has 5 nitrogen and oxygen atoms in total. The molecule has 0 aliphatic heterocycles. The molecule has 4 aliphatic carbocycles. The lowest BCUT2D eigenvalue weighted by Gasteiger charge is -2.56. The Balaban J connectivity index is 1.94. The number of hydrogen-bond acceptors (Lipinski definition) is 4. The largest absolute Gasteiger partial charge is 0.466 e. The van der Waals surface area contributed by atoms with Gasteiger partial charge in [-0.3, -0.25) is 14.9 Å². The fraction of sp³-hybridized carbons (Fsp3) is 0.923. The van der Waals surface area contributed by atoms with Crippen LogP contribution in [-0.4, -0.2) is 23.0 Å². The van der Waals surface area contributed by atoms with Crippen molar-refractivity contribution in [2.24, 2.45) is 17.3 Å². The fourth-order valence-corrected chi connectivity index (χ4v) is 4.95. The topological polar surface area (TPSA) is 69.4 Å². The summed E-state index contributed by atoms with van der Waals surface area (Å²) in [6, 6.07) is 0. The molecule has 0 aromatic heterocycles. The van der Waals surface area contributed by atoms with Gasteiger partial charge in [-0.25, -0.2) is 0 Å². The summed E-state index contributed by atoms with van der Waals surface area (Å²) in [7, 11) is 0. The van der Waals surface area contributed by atoms with Crippen LogP contribution < -0.4 is 0 Å². The number of carbonyl (C=O) groups is 1. The van der Waals surface area contributed by atoms with Crippen molar-refractivity contribution in [3.8, 4) is 0 Å². The summed E-state index contributed by atoms with van der Waals surface area (Å²) in [5, 5.41) is 11.4. The standard InChI is InChI=1S/C13H19NO4/c1-2-18-11(15)12-4-9-3-10(5-12)7-13(6-9,8-12)14(16)17/h9-10H,2-8H2,1H3. The van der Waals surface area contributed by atoms with Gasteiger partial charge in [-0.2, -0.15) is 0 Å². The number of nitro groups is 1. The molecule has 4 saturated carbocycles. The first-order valence-corrected chi connectivity index (χ1v) is 6.81. The first-order chi connectivity index (χ1) is 8.50. The zero-order valence-corrected chi connectivity index (χ0v) is 10.7. The summed E-state index contributed by atoms with van der Waals surface area (Å²) in [5.74, 6) is 0.507. The highest BCUT2D eigenvalue weighted by Gasteiger charge is 2.66. The van der Waals surface area contributed by atoms with Crippen LogP contribution in [0.2, 0.25) is 0 Å². The van der Waals surface area contributed by atoms with E-state index in [1.165, 1.54) is 0 Å². The summed E-state index contributed by atoms with van der Waals surface area (Å²) >= 11 is 0. The van der Waals surface area contributed by atoms with E-state index in [4.69, 9.17) is 4.74 Å². The molecule has 4 rings (SSSR count). The number of carbonyl (C=O) groups excluding carboxylic acids is 1. The van der Waals surface area contributed by atoms with Crippen molar-refractivity contribution in [3.05, 3.63) is 10.1 Å². The molecule has 0 aromatic rings. The second-order valence-electron chi connectivity index (χ2n) is 6.44. The summed E-state index contributed by atoms with van der Waals surface area (Å²) in [6.07, 6.45) is 4.40. The number of nitrogens with zero attached hydrogens (tertiary/aromatic N) is 1. The van der Waals surface area contributed by atoms with E-state index in [0.717, 1.165) is 19.3 Å². The quantitative estimate of drug-likeness (QED) is 0.439. The molecule has 0 aromatic carbocycles. The Morgan fingerprint density at radius 3 is 2.44 bits per heavy atom. The van der Waals surface area contributed by atoms with Crippen LogP contribution in [0, 0.1) is 27.4 Å². The van der Waals surface area contributed by atoms with Crippen molar-refractivity contribution in [2.45, 2.75) is 51.0 Å². The van der Waals surface area contributed by atoms with Crippen molar-refractivity contribution in [1.82, 2.24) is 0 Å². The Hall–Kier alpha value is -1.13. The molecule has 0 amide bonds. The Labute approximate surface area is 106 Å². The van der Waals surface area contributed by atoms with Crippen LogP contribution in [0.3, 0.4) is 0 Å². The van der Waals surface area contributed by atoms with E-state index >= 15 is 0 Å². The van der Waals surface area contributed by atoms with Gasteiger partial charge >= 0.3 is 5.97 Å². The van der Waals surface area contributed by atoms with Crippen LogP contribution in [0.15, 0.2) is 0 Å². The molecule has 100 valence electrons. The maximum atomic E-state index is 12.2. The highest BCUT2D eigenvalue weighted by molar-refractivity contribution is 5.77. The molecule has 2 atom stereocenters. The predicted octanol–water partition coefficient (Wildman–Crippen LogP) is 2.17. The molecule has 4 bridgehead atoms. The first-order valence-electron chi connectivity index (χ1n) is 6.81. The molecule has 4 fully saturated rings. The van der Waals surface area contributed by atoms with Crippen molar-refractivity contribution < 1.29 is 14.5 Å². The van der Waals surface area contributed by atoms with Gasteiger partial charge in [0, 0.05) is 24.2 Å². The molecule has 0 spiro atoms. The van der Waals surface area contributed by atoms with Gasteiger partial charge in [0.25, 0.3) is 0 Å². The zero-order chi connectivity index (χ0) is 13.0. The summed E-state index contributed by atoms with van der Waals surface area (Å²) in [4.78, 5) is 23.5. The number of ether oxygens (including phenoxy) is 1. The average molecular weight is 253 g/mol. The van der Waals surface area contributed by atoms with Crippen molar-refractivity contribution in [1.29, 1.82) is 0 Å². The Morgan fingerprint density at radius 2 is 1.94 bits per heavy atom. The third kappa shape index (κ3) is 1.49. The van der Waals surface area contributed by atoms with E-state index in [1.807, 2.05) is 0 Å². The predicted molar refractivity (Wildman–Crippen MR) is 63.5 cm³/mol. The highest BCUT2D eigenvalue weighted by atomic mass is 16.6. The molecule has 0 N–H and O–H groups in total. The highest BCUT2D eigenvalue weighted by Crippen LogP contribution is 2.62. The van der Waals surface area contributed by atoms with E-state index < -0.39 is 11.0 Å². The van der Waals surface area contributed by atoms with Crippen LogP contribution in [0.25, 0.3) is 0 Å². The van der Waals surface area contributed by atoms with Crippen molar-refractivity contribution >= 4 is 5.97 Å². The minimum absolute atomic E-state index is 0.113. The molecule has 4 aliphatic rings. The monoisotopic (exact) mass is 253 g/mol. The summed E-state index contributed by atoms with van der Waals surface area (Å²) in [6.45, 7) is 2.16. The normalized spacial score (nSPS) is 44.9. The number of rotatable bonds is 3. The summed E-state index contributed by atoms with van der Waals surface area (Å²) < 4.78 is 5.19. The molecule has 0 radical (unpaired) electrons. The van der Waals surface area contributed by atoms with Gasteiger partial charge in [-0.1, -0.05) is 0 Å². The second-order valence-corrected chi connectivity index (χ2v) is 6.44. The van der Waals surface area contributed by atoms with Crippen LogP contribution in [0.1, 0.15) is 45.4 Å². The Morgan fingerprint density at radius 1 is 1.33 bits per heavy atom. The SMILES string of the molecule is CCOC(=O)C12CC3CC(C1)CC([N+](=O)[O-])(C3)C2. The molecule has 18 heavy (non-hydrogen) atoms. The van der Waals surface area contributed by atoms with Crippen LogP contribution in [-0.2, 0) is 9.53 Å². The van der Waals surface area contributed by atoms with Gasteiger partial charge in [0.05, 0.1) is 12.0 Å². The van der Waals surface area contributed by atoms with Crippen LogP contribution in [0.4, 0.5) is 0 Å². The van der Waals surface area contributed by atoms with E-state index in [9.17, 15) is 14.9 Å². The number of esters is 1. The molecular weight excluding hydrogens is 234 g/mol. The fourth-order valence-electron chi connectivity index (χ4n) is 4.95. The molecular formula is C13H19NO4. The van der Waals surface area contributed by atoms with E-state index in [2.05, 4.69) is 0 Å². The lowest BCUT2D eigenvalue weighted by molar-refractivity contribution is -0.590. The molecule has 0 heterocycles. The van der Waals surface area contributed by atoms with Gasteiger partial charge in [-0.15, -0.1) is 0 Å². The second kappa shape index (κ2) is 3.68. The molecule has 5 heteroatoms. The van der Waals surface area contributed by atoms with Gasteiger partial charge in [0.15, 0.2) is 0 Å². The Bertz CT molecular complexity index is 392. The first kappa shape index (κ1) is 11.9. The zero-order valence-electron chi connectivity index (χ0n) is 10.7. The third-order valence-electron chi connectivity index (χ3n) is 5.13. The van der Waals surface area contributed by atoms with E-state index in [-0.39, 0.29) is 10.9 Å². The van der Waals surface area contributed by atoms with Crippen LogP contribution >= 0.6 is 0 Å². The van der Waals surface area contributed by atoms with Gasteiger partial charge in [0.2, 0.25) is 5.54 Å². The maximum absolute atomic E-state index is 12.2. The average Bonchev–Trinajstić information content (AvgIpc) is 2.27.